The molecule has 0 aliphatic carbocycles. The summed E-state index contributed by atoms with van der Waals surface area (Å²) in [7, 11) is 0. The van der Waals surface area contributed by atoms with E-state index in [-0.39, 0.29) is 6.54 Å². The zero-order chi connectivity index (χ0) is 12.5. The van der Waals surface area contributed by atoms with Crippen LogP contribution in [0.4, 0.5) is 0 Å². The second-order valence-corrected chi connectivity index (χ2v) is 3.65. The molecule has 0 saturated carbocycles. The molecule has 0 aromatic heterocycles. The van der Waals surface area contributed by atoms with Crippen LogP contribution in [0.15, 0.2) is 40.5 Å². The lowest BCUT2D eigenvalue weighted by Crippen LogP contribution is -2.26. The van der Waals surface area contributed by atoms with Crippen LogP contribution in [0.25, 0.3) is 10.4 Å². The average Bonchev–Trinajstić information content (AvgIpc) is 2.39. The van der Waals surface area contributed by atoms with Gasteiger partial charge in [-0.15, -0.1) is 0 Å². The Morgan fingerprint density at radius 2 is 2.12 bits per heavy atom. The van der Waals surface area contributed by atoms with E-state index in [0.29, 0.717) is 10.8 Å². The van der Waals surface area contributed by atoms with E-state index < -0.39 is 0 Å². The van der Waals surface area contributed by atoms with Crippen LogP contribution in [0.3, 0.4) is 0 Å². The van der Waals surface area contributed by atoms with Gasteiger partial charge in [0.05, 0.1) is 12.3 Å². The van der Waals surface area contributed by atoms with Gasteiger partial charge in [0, 0.05) is 21.1 Å². The summed E-state index contributed by atoms with van der Waals surface area (Å²) in [5, 5.41) is 7.88. The molecule has 0 heterocycles. The molecule has 8 heteroatoms. The number of hydrogen-bond acceptors (Lipinski definition) is 3. The van der Waals surface area contributed by atoms with Crippen LogP contribution >= 0.6 is 28.4 Å². The third-order valence-corrected chi connectivity index (χ3v) is 2.62. The van der Waals surface area contributed by atoms with Crippen LogP contribution in [0.2, 0.25) is 0 Å². The lowest BCUT2D eigenvalue weighted by molar-refractivity contribution is 1.01. The summed E-state index contributed by atoms with van der Waals surface area (Å²) in [5.41, 5.74) is 12.4. The van der Waals surface area contributed by atoms with Crippen LogP contribution in [0, 0.1) is 0 Å². The molecule has 0 saturated heterocycles. The zero-order valence-corrected chi connectivity index (χ0v) is 11.1. The summed E-state index contributed by atoms with van der Waals surface area (Å²) < 4.78 is 2.55. The van der Waals surface area contributed by atoms with E-state index in [4.69, 9.17) is 17.7 Å². The molecule has 1 rings (SSSR count). The number of benzene rings is 1. The van der Waals surface area contributed by atoms with E-state index in [9.17, 15) is 0 Å². The highest BCUT2D eigenvalue weighted by Crippen LogP contribution is 2.01. The summed E-state index contributed by atoms with van der Waals surface area (Å²) in [6.45, 7) is 0.151. The molecule has 1 aromatic carbocycles. The van der Waals surface area contributed by atoms with Gasteiger partial charge in [0.1, 0.15) is 0 Å². The first kappa shape index (κ1) is 13.4. The fraction of sp³-hybridized carbons (Fsp3) is 0.111. The minimum absolute atomic E-state index is 0.151. The fourth-order valence-electron chi connectivity index (χ4n) is 1.06. The van der Waals surface area contributed by atoms with Gasteiger partial charge in [-0.3, -0.25) is 9.77 Å². The van der Waals surface area contributed by atoms with Crippen molar-refractivity contribution in [3.63, 3.8) is 0 Å². The molecular weight excluding hydrogens is 304 g/mol. The first-order valence-electron chi connectivity index (χ1n) is 4.57. The largest absolute Gasteiger partial charge is 0.298 e. The molecular formula is C9H9BrN6S. The topological polar surface area (TPSA) is 85.2 Å². The van der Waals surface area contributed by atoms with E-state index in [2.05, 4.69) is 41.0 Å². The van der Waals surface area contributed by atoms with E-state index in [1.165, 1.54) is 0 Å². The van der Waals surface area contributed by atoms with Crippen molar-refractivity contribution in [2.24, 2.45) is 10.2 Å². The van der Waals surface area contributed by atoms with Crippen LogP contribution in [-0.4, -0.2) is 17.4 Å². The molecule has 0 unspecified atom stereocenters. The predicted molar refractivity (Wildman–Crippen MR) is 74.8 cm³/mol. The number of hydrazone groups is 1. The van der Waals surface area contributed by atoms with Crippen LogP contribution in [0.1, 0.15) is 5.56 Å². The van der Waals surface area contributed by atoms with Gasteiger partial charge in [-0.25, -0.2) is 0 Å². The highest BCUT2D eigenvalue weighted by Gasteiger charge is 2.02. The Morgan fingerprint density at radius 3 is 2.71 bits per heavy atom. The molecule has 0 aliphatic rings. The SMILES string of the molecule is [N-]=[N+]=NC/C(=N/NC(=S)NBr)c1ccccc1. The number of azide groups is 1. The third kappa shape index (κ3) is 4.81. The van der Waals surface area contributed by atoms with E-state index in [1.54, 1.807) is 0 Å². The molecule has 0 aliphatic heterocycles. The highest BCUT2D eigenvalue weighted by molar-refractivity contribution is 9.08. The standard InChI is InChI=1S/C9H9BrN6S/c10-13-9(17)15-14-8(6-12-16-11)7-4-2-1-3-5-7/h1-5H,6H2,(H2,13,15,17)/b14-8-. The highest BCUT2D eigenvalue weighted by atomic mass is 79.9. The Labute approximate surface area is 112 Å². The van der Waals surface area contributed by atoms with Crippen LogP contribution in [0.5, 0.6) is 0 Å². The number of halogens is 1. The Morgan fingerprint density at radius 1 is 1.41 bits per heavy atom. The summed E-state index contributed by atoms with van der Waals surface area (Å²) >= 11 is 7.83. The first-order valence-corrected chi connectivity index (χ1v) is 5.77. The summed E-state index contributed by atoms with van der Waals surface area (Å²) in [4.78, 5) is 2.71. The van der Waals surface area contributed by atoms with Crippen LogP contribution < -0.4 is 9.77 Å². The lowest BCUT2D eigenvalue weighted by atomic mass is 10.1. The molecule has 0 atom stereocenters. The van der Waals surface area contributed by atoms with Crippen molar-refractivity contribution in [2.75, 3.05) is 6.54 Å². The second kappa shape index (κ2) is 7.61. The van der Waals surface area contributed by atoms with Crippen LogP contribution in [-0.2, 0) is 0 Å². The Balaban J connectivity index is 2.87. The molecule has 0 spiro atoms. The summed E-state index contributed by atoms with van der Waals surface area (Å²) in [6.07, 6.45) is 0. The lowest BCUT2D eigenvalue weighted by Gasteiger charge is -2.05. The molecule has 6 nitrogen and oxygen atoms in total. The maximum atomic E-state index is 8.32. The maximum absolute atomic E-state index is 8.32. The van der Waals surface area contributed by atoms with Crippen molar-refractivity contribution in [3.8, 4) is 0 Å². The third-order valence-electron chi connectivity index (χ3n) is 1.77. The number of hydrogen-bond donors (Lipinski definition) is 2. The Kier molecular flexibility index (Phi) is 6.02. The van der Waals surface area contributed by atoms with E-state index in [1.807, 2.05) is 30.3 Å². The van der Waals surface area contributed by atoms with Gasteiger partial charge in [0.15, 0.2) is 5.11 Å². The second-order valence-electron chi connectivity index (χ2n) is 2.85. The number of rotatable bonds is 4. The minimum atomic E-state index is 0.151. The molecule has 17 heavy (non-hydrogen) atoms. The van der Waals surface area contributed by atoms with Crippen molar-refractivity contribution in [3.05, 3.63) is 46.3 Å². The molecule has 0 fully saturated rings. The smallest absolute Gasteiger partial charge is 0.197 e. The van der Waals surface area contributed by atoms with Crippen molar-refractivity contribution >= 4 is 39.2 Å². The maximum Gasteiger partial charge on any atom is 0.197 e. The Hall–Kier alpha value is -1.63. The Bertz CT molecular complexity index is 454. The fourth-order valence-corrected chi connectivity index (χ4v) is 1.19. The number of nitrogens with one attached hydrogen (secondary N) is 2. The number of thiocarbonyl (C=S) groups is 1. The molecule has 0 bridgehead atoms. The van der Waals surface area contributed by atoms with Crippen molar-refractivity contribution < 1.29 is 0 Å². The van der Waals surface area contributed by atoms with Gasteiger partial charge in [0.25, 0.3) is 0 Å². The van der Waals surface area contributed by atoms with E-state index in [0.717, 1.165) is 5.56 Å². The minimum Gasteiger partial charge on any atom is -0.298 e. The van der Waals surface area contributed by atoms with E-state index >= 15 is 0 Å². The van der Waals surface area contributed by atoms with Gasteiger partial charge in [-0.05, 0) is 23.3 Å². The van der Waals surface area contributed by atoms with Gasteiger partial charge in [-0.1, -0.05) is 35.4 Å². The predicted octanol–water partition coefficient (Wildman–Crippen LogP) is 2.48. The quantitative estimate of drug-likeness (QED) is 0.170. The first-order chi connectivity index (χ1) is 8.27. The van der Waals surface area contributed by atoms with Crippen molar-refractivity contribution in [1.82, 2.24) is 9.77 Å². The van der Waals surface area contributed by atoms with Gasteiger partial charge in [-0.2, -0.15) is 5.10 Å². The summed E-state index contributed by atoms with van der Waals surface area (Å²) in [5.74, 6) is 0. The van der Waals surface area contributed by atoms with Gasteiger partial charge < -0.3 is 0 Å². The van der Waals surface area contributed by atoms with Crippen molar-refractivity contribution in [2.45, 2.75) is 0 Å². The molecule has 2 N–H and O–H groups in total. The zero-order valence-electron chi connectivity index (χ0n) is 8.67. The summed E-state index contributed by atoms with van der Waals surface area (Å²) in [6, 6.07) is 9.40. The average molecular weight is 313 g/mol. The monoisotopic (exact) mass is 312 g/mol. The van der Waals surface area contributed by atoms with Gasteiger partial charge >= 0.3 is 0 Å². The van der Waals surface area contributed by atoms with Crippen molar-refractivity contribution in [1.29, 1.82) is 0 Å². The molecule has 0 amide bonds. The molecule has 1 aromatic rings. The molecule has 0 radical (unpaired) electrons. The molecule has 88 valence electrons. The normalized spacial score (nSPS) is 10.3. The number of nitrogens with zero attached hydrogens (tertiary/aromatic N) is 4. The van der Waals surface area contributed by atoms with Gasteiger partial charge in [0.2, 0.25) is 0 Å².